The summed E-state index contributed by atoms with van der Waals surface area (Å²) in [5, 5.41) is 37.8. The number of nitrogens with one attached hydrogen (secondary N) is 7. The number of amides is 9. The Hall–Kier alpha value is -9.25. The number of carbonyl (C=O) groups is 9. The van der Waals surface area contributed by atoms with Crippen LogP contribution in [0.3, 0.4) is 0 Å². The number of hydrogen-bond donors (Lipinski definition) is 9. The Morgan fingerprint density at radius 3 is 2.03 bits per heavy atom. The summed E-state index contributed by atoms with van der Waals surface area (Å²) < 4.78 is 5.57. The third-order valence-electron chi connectivity index (χ3n) is 15.8. The van der Waals surface area contributed by atoms with Crippen LogP contribution in [0.25, 0.3) is 11.3 Å². The van der Waals surface area contributed by atoms with Gasteiger partial charge in [0.1, 0.15) is 24.7 Å². The third kappa shape index (κ3) is 19.4. The molecule has 0 bridgehead atoms. The number of para-hydroxylation sites is 1. The molecule has 1 heterocycles. The number of allylic oxidation sites excluding steroid dienone is 1. The first-order valence-corrected chi connectivity index (χ1v) is 30.1. The zero-order valence-electron chi connectivity index (χ0n) is 54.2. The van der Waals surface area contributed by atoms with E-state index < -0.39 is 88.7 Å². The molecule has 484 valence electrons. The fraction of sp³-hybridized carbons (Fsp3) is 0.448. The van der Waals surface area contributed by atoms with E-state index >= 15 is 0 Å². The van der Waals surface area contributed by atoms with Crippen LogP contribution in [0, 0.1) is 17.3 Å². The van der Waals surface area contributed by atoms with Crippen LogP contribution in [-0.2, 0) is 56.9 Å². The topological polar surface area (TPSA) is 325 Å². The summed E-state index contributed by atoms with van der Waals surface area (Å²) in [7, 11) is 4.82. The number of urea groups is 1. The molecular formula is C67H90N12O11. The van der Waals surface area contributed by atoms with E-state index in [1.54, 1.807) is 88.4 Å². The molecule has 4 aromatic carbocycles. The molecule has 0 unspecified atom stereocenters. The maximum Gasteiger partial charge on any atom is 0.411 e. The molecule has 0 saturated carbocycles. The normalized spacial score (nSPS) is 15.2. The van der Waals surface area contributed by atoms with Crippen molar-refractivity contribution in [2.75, 3.05) is 43.2 Å². The van der Waals surface area contributed by atoms with Gasteiger partial charge in [-0.15, -0.1) is 0 Å². The Bertz CT molecular complexity index is 3350. The minimum atomic E-state index is -1.14. The van der Waals surface area contributed by atoms with Gasteiger partial charge in [0.05, 0.1) is 30.0 Å². The van der Waals surface area contributed by atoms with Crippen LogP contribution in [0.2, 0.25) is 0 Å². The second-order valence-corrected chi connectivity index (χ2v) is 24.8. The largest absolute Gasteiger partial charge is 0.478 e. The summed E-state index contributed by atoms with van der Waals surface area (Å²) in [6, 6.07) is 23.2. The molecule has 5 rings (SSSR count). The fourth-order valence-electron chi connectivity index (χ4n) is 10.7. The van der Waals surface area contributed by atoms with Crippen molar-refractivity contribution >= 4 is 81.9 Å². The maximum atomic E-state index is 14.3. The van der Waals surface area contributed by atoms with Gasteiger partial charge in [-0.05, 0) is 109 Å². The average Bonchev–Trinajstić information content (AvgIpc) is 0.860. The Morgan fingerprint density at radius 2 is 1.42 bits per heavy atom. The number of fused-ring (bicyclic) bond motifs is 2. The van der Waals surface area contributed by atoms with Crippen molar-refractivity contribution in [3.8, 4) is 0 Å². The molecule has 23 nitrogen and oxygen atoms in total. The van der Waals surface area contributed by atoms with Crippen molar-refractivity contribution in [3.05, 3.63) is 137 Å². The number of carbonyl (C=O) groups excluding carboxylic acids is 8. The summed E-state index contributed by atoms with van der Waals surface area (Å²) >= 11 is 0. The van der Waals surface area contributed by atoms with E-state index in [2.05, 4.69) is 47.4 Å². The number of rotatable bonds is 27. The van der Waals surface area contributed by atoms with E-state index in [9.17, 15) is 48.3 Å². The van der Waals surface area contributed by atoms with E-state index in [-0.39, 0.29) is 68.7 Å². The second-order valence-electron chi connectivity index (χ2n) is 24.8. The van der Waals surface area contributed by atoms with Gasteiger partial charge in [0.2, 0.25) is 35.4 Å². The predicted octanol–water partition coefficient (Wildman–Crippen LogP) is 8.66. The van der Waals surface area contributed by atoms with Gasteiger partial charge in [0, 0.05) is 61.4 Å². The van der Waals surface area contributed by atoms with Crippen molar-refractivity contribution in [1.29, 1.82) is 0 Å². The van der Waals surface area contributed by atoms with Crippen molar-refractivity contribution in [2.24, 2.45) is 33.2 Å². The number of primary amides is 1. The van der Waals surface area contributed by atoms with E-state index in [4.69, 9.17) is 10.5 Å². The highest BCUT2D eigenvalue weighted by molar-refractivity contribution is 6.03. The molecule has 23 heteroatoms. The molecule has 0 fully saturated rings. The van der Waals surface area contributed by atoms with Gasteiger partial charge in [0.25, 0.3) is 0 Å². The Morgan fingerprint density at radius 1 is 0.767 bits per heavy atom. The standard InChI is InChI=1S/C67H90N12O11/c1-39(2)52(35-41(5)63(86)87)78(14)62(85)58(66(7,8)9)76-61(84)57(69-12)67(10,11)45-22-19-23-47(36-45)73-65(89)90-38-43-28-30-46(31-29-43)72-59(82)50(26-20-34-71-64(68)88)74-60(83)55(40(3)4)75-53(80)32-33-54(81)79-37-44-21-15-16-24-48(44)42(6)56(77-70-13)49-25-17-18-27-51(49)79/h15-19,21-25,27-31,35-36,39-40,50,52,55,57-58,69H,20,26,32-34,37-38H2,1-14H3,(H,72,82)(H,73,89)(H,74,83)(H,75,80)(H,76,84)(H,86,87)(H3,68,71,88)/b41-35+,56-42+,77-70-/t50-,52+,55-,57+,58+/m0/s1. The zero-order valence-corrected chi connectivity index (χ0v) is 54.2. The number of carboxylic acids is 1. The highest BCUT2D eigenvalue weighted by Crippen LogP contribution is 2.39. The van der Waals surface area contributed by atoms with Crippen LogP contribution in [0.4, 0.5) is 26.7 Å². The van der Waals surface area contributed by atoms with Crippen LogP contribution < -0.4 is 47.9 Å². The molecule has 4 aromatic rings. The Labute approximate surface area is 527 Å². The van der Waals surface area contributed by atoms with Gasteiger partial charge in [-0.2, -0.15) is 10.2 Å². The second kappa shape index (κ2) is 32.3. The smallest absolute Gasteiger partial charge is 0.411 e. The van der Waals surface area contributed by atoms with Crippen LogP contribution in [0.1, 0.15) is 130 Å². The first-order valence-electron chi connectivity index (χ1n) is 30.1. The fourth-order valence-corrected chi connectivity index (χ4v) is 10.7. The number of carboxylic acid groups (broad SMARTS) is 1. The number of aliphatic carboxylic acids is 1. The monoisotopic (exact) mass is 1240 g/mol. The molecule has 0 aromatic heterocycles. The molecule has 9 amide bonds. The molecule has 1 aliphatic rings. The van der Waals surface area contributed by atoms with Gasteiger partial charge in [0.15, 0.2) is 0 Å². The molecular weight excluding hydrogens is 1150 g/mol. The maximum absolute atomic E-state index is 14.3. The lowest BCUT2D eigenvalue weighted by atomic mass is 9.76. The Balaban J connectivity index is 1.20. The van der Waals surface area contributed by atoms with Gasteiger partial charge in [-0.3, -0.25) is 34.1 Å². The van der Waals surface area contributed by atoms with E-state index in [0.717, 1.165) is 16.7 Å². The summed E-state index contributed by atoms with van der Waals surface area (Å²) in [4.78, 5) is 124. The van der Waals surface area contributed by atoms with Gasteiger partial charge >= 0.3 is 18.1 Å². The average molecular weight is 1240 g/mol. The predicted molar refractivity (Wildman–Crippen MR) is 347 cm³/mol. The summed E-state index contributed by atoms with van der Waals surface area (Å²) in [5.74, 6) is -4.59. The number of nitrogens with zero attached hydrogens (tertiary/aromatic N) is 4. The van der Waals surface area contributed by atoms with E-state index in [1.807, 2.05) is 110 Å². The van der Waals surface area contributed by atoms with Crippen LogP contribution in [0.15, 0.2) is 119 Å². The minimum absolute atomic E-state index is 0.0729. The molecule has 0 aliphatic carbocycles. The van der Waals surface area contributed by atoms with Crippen LogP contribution in [0.5, 0.6) is 0 Å². The van der Waals surface area contributed by atoms with Crippen molar-refractivity contribution in [3.63, 3.8) is 0 Å². The number of likely N-dealkylation sites (N-methyl/N-ethyl adjacent to an activating group) is 2. The van der Waals surface area contributed by atoms with Crippen molar-refractivity contribution in [2.45, 2.75) is 151 Å². The van der Waals surface area contributed by atoms with Crippen molar-refractivity contribution in [1.82, 2.24) is 31.5 Å². The highest BCUT2D eigenvalue weighted by atomic mass is 16.5. The third-order valence-corrected chi connectivity index (χ3v) is 15.8. The number of nitrogens with two attached hydrogens (primary N) is 1. The van der Waals surface area contributed by atoms with E-state index in [0.29, 0.717) is 39.4 Å². The SMILES string of the molecule is C/N=N\C1=C(/C)c2ccccc2CN(C(=O)CCC(=O)N[C@H](C(=O)N[C@@H](CCCNC(N)=O)C(=O)Nc2ccc(COC(=O)Nc3cccc(C(C)(C)[C@H](NC)C(=O)N[C@H](C(=O)N(C)[C@H](/C=C(\C)C(=O)O)C(C)C)C(C)(C)C)c3)cc2)C(C)C)c2ccccc21. The first-order chi connectivity index (χ1) is 42.4. The lowest BCUT2D eigenvalue weighted by Gasteiger charge is -2.40. The summed E-state index contributed by atoms with van der Waals surface area (Å²) in [6.07, 6.45) is 0.673. The quantitative estimate of drug-likeness (QED) is 0.0154. The molecule has 0 radical (unpaired) electrons. The van der Waals surface area contributed by atoms with E-state index in [1.165, 1.54) is 11.8 Å². The lowest BCUT2D eigenvalue weighted by Crippen LogP contribution is -2.61. The molecule has 0 saturated heterocycles. The van der Waals surface area contributed by atoms with Gasteiger partial charge in [-0.25, -0.2) is 14.4 Å². The van der Waals surface area contributed by atoms with Crippen LogP contribution in [-0.4, -0.2) is 121 Å². The molecule has 90 heavy (non-hydrogen) atoms. The van der Waals surface area contributed by atoms with Gasteiger partial charge < -0.3 is 57.3 Å². The molecule has 5 atom stereocenters. The summed E-state index contributed by atoms with van der Waals surface area (Å²) in [5.41, 5.74) is 10.4. The number of benzene rings is 4. The van der Waals surface area contributed by atoms with Crippen LogP contribution >= 0.6 is 0 Å². The number of azo groups is 1. The summed E-state index contributed by atoms with van der Waals surface area (Å²) in [6.45, 7) is 20.1. The molecule has 1 aliphatic heterocycles. The van der Waals surface area contributed by atoms with Gasteiger partial charge in [-0.1, -0.05) is 135 Å². The number of ether oxygens (including phenoxy) is 1. The zero-order chi connectivity index (χ0) is 66.8. The Kier molecular flexibility index (Phi) is 25.7. The van der Waals surface area contributed by atoms with Crippen molar-refractivity contribution < 1.29 is 53.0 Å². The minimum Gasteiger partial charge on any atom is -0.478 e. The molecule has 0 spiro atoms. The highest BCUT2D eigenvalue weighted by Gasteiger charge is 2.42. The number of hydrogen-bond acceptors (Lipinski definition) is 13. The number of anilines is 3. The first kappa shape index (κ1) is 71.5. The molecule has 10 N–H and O–H groups in total. The lowest BCUT2D eigenvalue weighted by molar-refractivity contribution is -0.141.